The quantitative estimate of drug-likeness (QED) is 0.560. The molecule has 0 aromatic carbocycles. The standard InChI is InChI=1S/C12H21N5O/c1-5-8-9-18-12-15-10(13-4)14-11(16-12)17(6-2)7-3/h5H,1,6-9H2,2-4H3,(H,13,14,15,16). The first-order chi connectivity index (χ1) is 8.74. The molecule has 6 heteroatoms. The fourth-order valence-corrected chi connectivity index (χ4v) is 1.40. The van der Waals surface area contributed by atoms with Crippen LogP contribution in [0.3, 0.4) is 0 Å². The van der Waals surface area contributed by atoms with Crippen molar-refractivity contribution in [2.45, 2.75) is 20.3 Å². The van der Waals surface area contributed by atoms with Crippen LogP contribution >= 0.6 is 0 Å². The molecule has 0 saturated heterocycles. The molecule has 1 N–H and O–H groups in total. The fourth-order valence-electron chi connectivity index (χ4n) is 1.40. The molecular formula is C12H21N5O. The van der Waals surface area contributed by atoms with Crippen LogP contribution in [0.1, 0.15) is 20.3 Å². The minimum Gasteiger partial charge on any atom is -0.463 e. The maximum atomic E-state index is 5.47. The normalized spacial score (nSPS) is 9.94. The average Bonchev–Trinajstić information content (AvgIpc) is 2.40. The molecule has 0 spiro atoms. The first kappa shape index (κ1) is 14.2. The van der Waals surface area contributed by atoms with Gasteiger partial charge in [-0.05, 0) is 20.3 Å². The van der Waals surface area contributed by atoms with Crippen molar-refractivity contribution in [2.24, 2.45) is 0 Å². The summed E-state index contributed by atoms with van der Waals surface area (Å²) in [6.07, 6.45) is 2.56. The Labute approximate surface area is 108 Å². The van der Waals surface area contributed by atoms with Gasteiger partial charge in [-0.25, -0.2) is 0 Å². The van der Waals surface area contributed by atoms with E-state index in [0.717, 1.165) is 19.5 Å². The molecule has 0 unspecified atom stereocenters. The Balaban J connectivity index is 2.89. The third-order valence-corrected chi connectivity index (χ3v) is 2.43. The number of nitrogens with zero attached hydrogens (tertiary/aromatic N) is 4. The molecule has 1 heterocycles. The van der Waals surface area contributed by atoms with Crippen LogP contribution in [-0.2, 0) is 0 Å². The van der Waals surface area contributed by atoms with Crippen molar-refractivity contribution in [1.82, 2.24) is 15.0 Å². The summed E-state index contributed by atoms with van der Waals surface area (Å²) in [6.45, 7) is 9.97. The van der Waals surface area contributed by atoms with Crippen LogP contribution in [0.2, 0.25) is 0 Å². The highest BCUT2D eigenvalue weighted by molar-refractivity contribution is 5.37. The van der Waals surface area contributed by atoms with Gasteiger partial charge < -0.3 is 15.0 Å². The fraction of sp³-hybridized carbons (Fsp3) is 0.583. The van der Waals surface area contributed by atoms with Crippen LogP contribution in [0.4, 0.5) is 11.9 Å². The van der Waals surface area contributed by atoms with E-state index >= 15 is 0 Å². The number of ether oxygens (including phenoxy) is 1. The van der Waals surface area contributed by atoms with E-state index in [1.807, 2.05) is 4.90 Å². The molecule has 0 saturated carbocycles. The van der Waals surface area contributed by atoms with Gasteiger partial charge in [0.2, 0.25) is 11.9 Å². The Morgan fingerprint density at radius 1 is 1.28 bits per heavy atom. The van der Waals surface area contributed by atoms with E-state index in [9.17, 15) is 0 Å². The van der Waals surface area contributed by atoms with Gasteiger partial charge in [-0.2, -0.15) is 15.0 Å². The summed E-state index contributed by atoms with van der Waals surface area (Å²) in [5.74, 6) is 1.15. The van der Waals surface area contributed by atoms with E-state index in [1.165, 1.54) is 0 Å². The molecule has 0 aliphatic carbocycles. The average molecular weight is 251 g/mol. The summed E-state index contributed by atoms with van der Waals surface area (Å²) in [6, 6.07) is 0.345. The molecule has 1 aromatic heterocycles. The van der Waals surface area contributed by atoms with Gasteiger partial charge in [-0.3, -0.25) is 0 Å². The lowest BCUT2D eigenvalue weighted by Gasteiger charge is -2.19. The predicted molar refractivity (Wildman–Crippen MR) is 73.2 cm³/mol. The van der Waals surface area contributed by atoms with Crippen LogP contribution in [-0.4, -0.2) is 41.7 Å². The summed E-state index contributed by atoms with van der Waals surface area (Å²) in [5, 5.41) is 2.91. The van der Waals surface area contributed by atoms with Crippen LogP contribution in [0.5, 0.6) is 6.01 Å². The second-order valence-electron chi connectivity index (χ2n) is 3.59. The van der Waals surface area contributed by atoms with Crippen LogP contribution in [0.25, 0.3) is 0 Å². The highest BCUT2D eigenvalue weighted by Crippen LogP contribution is 2.14. The number of hydrogen-bond donors (Lipinski definition) is 1. The minimum absolute atomic E-state index is 0.345. The number of rotatable bonds is 8. The third kappa shape index (κ3) is 3.87. The second kappa shape index (κ2) is 7.47. The highest BCUT2D eigenvalue weighted by Gasteiger charge is 2.10. The maximum absolute atomic E-state index is 5.47. The lowest BCUT2D eigenvalue weighted by molar-refractivity contribution is 0.298. The lowest BCUT2D eigenvalue weighted by atomic mass is 10.5. The zero-order chi connectivity index (χ0) is 13.4. The molecule has 0 aliphatic rings. The first-order valence-corrected chi connectivity index (χ1v) is 6.17. The van der Waals surface area contributed by atoms with Crippen molar-refractivity contribution in [3.8, 4) is 6.01 Å². The van der Waals surface area contributed by atoms with Gasteiger partial charge >= 0.3 is 6.01 Å². The first-order valence-electron chi connectivity index (χ1n) is 6.17. The number of nitrogens with one attached hydrogen (secondary N) is 1. The van der Waals surface area contributed by atoms with E-state index in [2.05, 4.69) is 40.7 Å². The van der Waals surface area contributed by atoms with E-state index < -0.39 is 0 Å². The van der Waals surface area contributed by atoms with Crippen LogP contribution < -0.4 is 15.0 Å². The molecule has 0 fully saturated rings. The Kier molecular flexibility index (Phi) is 5.90. The van der Waals surface area contributed by atoms with Crippen LogP contribution in [0.15, 0.2) is 12.7 Å². The zero-order valence-corrected chi connectivity index (χ0v) is 11.3. The van der Waals surface area contributed by atoms with Crippen molar-refractivity contribution < 1.29 is 4.74 Å². The Morgan fingerprint density at radius 3 is 2.56 bits per heavy atom. The largest absolute Gasteiger partial charge is 0.463 e. The molecule has 18 heavy (non-hydrogen) atoms. The van der Waals surface area contributed by atoms with Gasteiger partial charge in [0, 0.05) is 20.1 Å². The van der Waals surface area contributed by atoms with Crippen molar-refractivity contribution in [3.05, 3.63) is 12.7 Å². The van der Waals surface area contributed by atoms with E-state index in [0.29, 0.717) is 24.5 Å². The maximum Gasteiger partial charge on any atom is 0.323 e. The van der Waals surface area contributed by atoms with Gasteiger partial charge in [-0.1, -0.05) is 6.08 Å². The molecule has 100 valence electrons. The van der Waals surface area contributed by atoms with E-state index in [1.54, 1.807) is 13.1 Å². The molecule has 0 bridgehead atoms. The van der Waals surface area contributed by atoms with E-state index in [4.69, 9.17) is 4.74 Å². The summed E-state index contributed by atoms with van der Waals surface area (Å²) >= 11 is 0. The molecular weight excluding hydrogens is 230 g/mol. The summed E-state index contributed by atoms with van der Waals surface area (Å²) in [7, 11) is 1.77. The van der Waals surface area contributed by atoms with Gasteiger partial charge in [0.25, 0.3) is 0 Å². The van der Waals surface area contributed by atoms with Crippen molar-refractivity contribution in [1.29, 1.82) is 0 Å². The molecule has 6 nitrogen and oxygen atoms in total. The molecule has 1 rings (SSSR count). The summed E-state index contributed by atoms with van der Waals surface area (Å²) in [5.41, 5.74) is 0. The van der Waals surface area contributed by atoms with E-state index in [-0.39, 0.29) is 0 Å². The van der Waals surface area contributed by atoms with Gasteiger partial charge in [-0.15, -0.1) is 6.58 Å². The second-order valence-corrected chi connectivity index (χ2v) is 3.59. The number of hydrogen-bond acceptors (Lipinski definition) is 6. The summed E-state index contributed by atoms with van der Waals surface area (Å²) in [4.78, 5) is 14.8. The molecule has 0 atom stereocenters. The molecule has 0 amide bonds. The third-order valence-electron chi connectivity index (χ3n) is 2.43. The van der Waals surface area contributed by atoms with Gasteiger partial charge in [0.15, 0.2) is 0 Å². The molecule has 0 aliphatic heterocycles. The van der Waals surface area contributed by atoms with Crippen molar-refractivity contribution in [3.63, 3.8) is 0 Å². The number of aromatic nitrogens is 3. The SMILES string of the molecule is C=CCCOc1nc(NC)nc(N(CC)CC)n1. The highest BCUT2D eigenvalue weighted by atomic mass is 16.5. The summed E-state index contributed by atoms with van der Waals surface area (Å²) < 4.78 is 5.47. The van der Waals surface area contributed by atoms with Crippen molar-refractivity contribution >= 4 is 11.9 Å². The smallest absolute Gasteiger partial charge is 0.323 e. The molecule has 0 radical (unpaired) electrons. The minimum atomic E-state index is 0.345. The Bertz CT molecular complexity index is 379. The monoisotopic (exact) mass is 251 g/mol. The van der Waals surface area contributed by atoms with Gasteiger partial charge in [0.05, 0.1) is 6.61 Å². The van der Waals surface area contributed by atoms with Crippen LogP contribution in [0, 0.1) is 0 Å². The van der Waals surface area contributed by atoms with Crippen molar-refractivity contribution in [2.75, 3.05) is 37.0 Å². The van der Waals surface area contributed by atoms with Gasteiger partial charge in [0.1, 0.15) is 0 Å². The molecule has 1 aromatic rings. The number of anilines is 2. The zero-order valence-electron chi connectivity index (χ0n) is 11.3. The topological polar surface area (TPSA) is 63.2 Å². The Hall–Kier alpha value is -1.85. The lowest BCUT2D eigenvalue weighted by Crippen LogP contribution is -2.25. The predicted octanol–water partition coefficient (Wildman–Crippen LogP) is 1.71. The Morgan fingerprint density at radius 2 is 2.00 bits per heavy atom.